The van der Waals surface area contributed by atoms with Crippen LogP contribution in [0.2, 0.25) is 0 Å². The molecule has 52 valence electrons. The second kappa shape index (κ2) is 4.65. The molecular formula is C5H8Cl2N2. The lowest BCUT2D eigenvalue weighted by molar-refractivity contribution is 1.08. The second-order valence-corrected chi connectivity index (χ2v) is 2.08. The van der Waals surface area contributed by atoms with Crippen molar-refractivity contribution in [2.75, 3.05) is 14.1 Å². The van der Waals surface area contributed by atoms with Crippen molar-refractivity contribution in [3.8, 4) is 0 Å². The zero-order chi connectivity index (χ0) is 7.28. The van der Waals surface area contributed by atoms with Gasteiger partial charge >= 0.3 is 0 Å². The summed E-state index contributed by atoms with van der Waals surface area (Å²) < 4.78 is 0. The largest absolute Gasteiger partial charge is 0.379 e. The van der Waals surface area contributed by atoms with Gasteiger partial charge in [-0.1, -0.05) is 23.2 Å². The number of nitrogens with one attached hydrogen (secondary N) is 1. The number of hydrogen-bond donors (Lipinski definition) is 1. The summed E-state index contributed by atoms with van der Waals surface area (Å²) in [7, 11) is 3.30. The van der Waals surface area contributed by atoms with Crippen LogP contribution in [0.3, 0.4) is 0 Å². The number of rotatable bonds is 2. The van der Waals surface area contributed by atoms with Gasteiger partial charge in [-0.15, -0.1) is 0 Å². The smallest absolute Gasteiger partial charge is 0.126 e. The molecule has 0 atom stereocenters. The first-order valence-electron chi connectivity index (χ1n) is 2.38. The standard InChI is InChI=1S/C5H8Cl2N2/c1-8-4(6)3-5(7)9-2/h3,8H,1-2H3/b4-3-,9-5?. The molecule has 4 heteroatoms. The predicted molar refractivity (Wildman–Crippen MR) is 42.2 cm³/mol. The van der Waals surface area contributed by atoms with Gasteiger partial charge < -0.3 is 5.32 Å². The van der Waals surface area contributed by atoms with Crippen LogP contribution in [0.1, 0.15) is 0 Å². The molecule has 0 aromatic rings. The zero-order valence-electron chi connectivity index (χ0n) is 5.28. The van der Waals surface area contributed by atoms with Crippen molar-refractivity contribution in [2.24, 2.45) is 4.99 Å². The second-order valence-electron chi connectivity index (χ2n) is 1.29. The number of halogens is 2. The summed E-state index contributed by atoms with van der Waals surface area (Å²) in [5.41, 5.74) is 0. The Morgan fingerprint density at radius 2 is 2.11 bits per heavy atom. The average molecular weight is 167 g/mol. The van der Waals surface area contributed by atoms with Crippen LogP contribution in [-0.4, -0.2) is 19.3 Å². The summed E-state index contributed by atoms with van der Waals surface area (Å²) in [6.07, 6.45) is 1.53. The van der Waals surface area contributed by atoms with Crippen LogP contribution in [-0.2, 0) is 0 Å². The lowest BCUT2D eigenvalue weighted by atomic mass is 10.6. The molecule has 0 rings (SSSR count). The third kappa shape index (κ3) is 4.30. The first kappa shape index (κ1) is 8.79. The summed E-state index contributed by atoms with van der Waals surface area (Å²) in [5.74, 6) is 0. The summed E-state index contributed by atoms with van der Waals surface area (Å²) >= 11 is 11.0. The summed E-state index contributed by atoms with van der Waals surface area (Å²) in [5, 5.41) is 3.55. The van der Waals surface area contributed by atoms with Gasteiger partial charge in [0.05, 0.1) is 0 Å². The highest BCUT2D eigenvalue weighted by atomic mass is 35.5. The van der Waals surface area contributed by atoms with E-state index in [-0.39, 0.29) is 0 Å². The highest BCUT2D eigenvalue weighted by Crippen LogP contribution is 1.97. The van der Waals surface area contributed by atoms with E-state index in [4.69, 9.17) is 23.2 Å². The number of allylic oxidation sites excluding steroid dienone is 1. The monoisotopic (exact) mass is 166 g/mol. The average Bonchev–Trinajstić information content (AvgIpc) is 1.87. The van der Waals surface area contributed by atoms with E-state index in [0.717, 1.165) is 0 Å². The van der Waals surface area contributed by atoms with Gasteiger partial charge in [0.25, 0.3) is 0 Å². The van der Waals surface area contributed by atoms with E-state index < -0.39 is 0 Å². The first-order chi connectivity index (χ1) is 4.20. The molecule has 0 radical (unpaired) electrons. The Kier molecular flexibility index (Phi) is 4.54. The van der Waals surface area contributed by atoms with Gasteiger partial charge in [0.2, 0.25) is 0 Å². The highest BCUT2D eigenvalue weighted by molar-refractivity contribution is 6.68. The van der Waals surface area contributed by atoms with Crippen LogP contribution >= 0.6 is 23.2 Å². The number of hydrogen-bond acceptors (Lipinski definition) is 2. The van der Waals surface area contributed by atoms with E-state index in [1.54, 1.807) is 14.1 Å². The maximum absolute atomic E-state index is 5.52. The molecule has 0 spiro atoms. The van der Waals surface area contributed by atoms with Crippen LogP contribution in [0.25, 0.3) is 0 Å². The van der Waals surface area contributed by atoms with Crippen molar-refractivity contribution in [1.82, 2.24) is 5.32 Å². The molecule has 2 nitrogen and oxygen atoms in total. The van der Waals surface area contributed by atoms with Crippen molar-refractivity contribution < 1.29 is 0 Å². The van der Waals surface area contributed by atoms with Crippen molar-refractivity contribution >= 4 is 28.4 Å². The van der Waals surface area contributed by atoms with Gasteiger partial charge in [0.15, 0.2) is 0 Å². The van der Waals surface area contributed by atoms with E-state index in [1.807, 2.05) is 0 Å². The van der Waals surface area contributed by atoms with Crippen molar-refractivity contribution in [2.45, 2.75) is 0 Å². The Morgan fingerprint density at radius 3 is 2.44 bits per heavy atom. The van der Waals surface area contributed by atoms with E-state index in [9.17, 15) is 0 Å². The minimum absolute atomic E-state index is 0.384. The van der Waals surface area contributed by atoms with Gasteiger partial charge in [-0.3, -0.25) is 4.99 Å². The number of nitrogens with zero attached hydrogens (tertiary/aromatic N) is 1. The van der Waals surface area contributed by atoms with Crippen LogP contribution in [0.5, 0.6) is 0 Å². The van der Waals surface area contributed by atoms with Gasteiger partial charge in [0.1, 0.15) is 10.3 Å². The fraction of sp³-hybridized carbons (Fsp3) is 0.400. The first-order valence-corrected chi connectivity index (χ1v) is 3.13. The quantitative estimate of drug-likeness (QED) is 0.489. The summed E-state index contributed by atoms with van der Waals surface area (Å²) in [4.78, 5) is 3.66. The molecule has 0 aromatic carbocycles. The highest BCUT2D eigenvalue weighted by Gasteiger charge is 1.87. The van der Waals surface area contributed by atoms with Crippen molar-refractivity contribution in [3.63, 3.8) is 0 Å². The molecule has 0 saturated carbocycles. The SMILES string of the molecule is CN=C(Cl)/C=C(/Cl)NC. The van der Waals surface area contributed by atoms with Gasteiger partial charge in [-0.05, 0) is 0 Å². The fourth-order valence-corrected chi connectivity index (χ4v) is 0.510. The Labute approximate surface area is 64.6 Å². The molecule has 0 aromatic heterocycles. The Morgan fingerprint density at radius 1 is 1.56 bits per heavy atom. The van der Waals surface area contributed by atoms with Crippen LogP contribution in [0, 0.1) is 0 Å². The van der Waals surface area contributed by atoms with Crippen LogP contribution < -0.4 is 5.32 Å². The predicted octanol–water partition coefficient (Wildman–Crippen LogP) is 1.55. The molecule has 0 heterocycles. The minimum Gasteiger partial charge on any atom is -0.379 e. The van der Waals surface area contributed by atoms with Gasteiger partial charge in [-0.2, -0.15) is 0 Å². The molecule has 0 aliphatic carbocycles. The maximum atomic E-state index is 5.52. The lowest BCUT2D eigenvalue weighted by Gasteiger charge is -1.92. The topological polar surface area (TPSA) is 24.4 Å². The zero-order valence-corrected chi connectivity index (χ0v) is 6.79. The Balaban J connectivity index is 3.95. The number of aliphatic imine (C=N–C) groups is 1. The molecule has 0 unspecified atom stereocenters. The Bertz CT molecular complexity index is 140. The molecule has 0 fully saturated rings. The maximum Gasteiger partial charge on any atom is 0.126 e. The van der Waals surface area contributed by atoms with Gasteiger partial charge in [-0.25, -0.2) is 0 Å². The molecule has 0 bridgehead atoms. The van der Waals surface area contributed by atoms with Crippen molar-refractivity contribution in [1.29, 1.82) is 0 Å². The summed E-state index contributed by atoms with van der Waals surface area (Å²) in [6, 6.07) is 0. The van der Waals surface area contributed by atoms with Gasteiger partial charge in [0, 0.05) is 20.2 Å². The molecular weight excluding hydrogens is 159 g/mol. The molecule has 0 amide bonds. The van der Waals surface area contributed by atoms with Crippen LogP contribution in [0.4, 0.5) is 0 Å². The van der Waals surface area contributed by atoms with Crippen molar-refractivity contribution in [3.05, 3.63) is 11.2 Å². The molecule has 0 aliphatic rings. The van der Waals surface area contributed by atoms with E-state index in [2.05, 4.69) is 10.3 Å². The Hall–Kier alpha value is -0.210. The van der Waals surface area contributed by atoms with E-state index >= 15 is 0 Å². The van der Waals surface area contributed by atoms with E-state index in [0.29, 0.717) is 10.3 Å². The minimum atomic E-state index is 0.384. The van der Waals surface area contributed by atoms with Crippen LogP contribution in [0.15, 0.2) is 16.2 Å². The fourth-order valence-electron chi connectivity index (χ4n) is 0.241. The summed E-state index contributed by atoms with van der Waals surface area (Å²) in [6.45, 7) is 0. The van der Waals surface area contributed by atoms with E-state index in [1.165, 1.54) is 6.08 Å². The third-order valence-electron chi connectivity index (χ3n) is 0.698. The third-order valence-corrected chi connectivity index (χ3v) is 1.27. The molecule has 1 N–H and O–H groups in total. The lowest BCUT2D eigenvalue weighted by Crippen LogP contribution is -2.00. The molecule has 0 saturated heterocycles. The molecule has 9 heavy (non-hydrogen) atoms. The normalized spacial score (nSPS) is 13.8. The molecule has 0 aliphatic heterocycles.